The molecular formula is C16H27N3O. The predicted molar refractivity (Wildman–Crippen MR) is 85.0 cm³/mol. The first-order chi connectivity index (χ1) is 9.47. The lowest BCUT2D eigenvalue weighted by molar-refractivity contribution is 0.244. The summed E-state index contributed by atoms with van der Waals surface area (Å²) in [6.45, 7) is 8.40. The quantitative estimate of drug-likeness (QED) is 0.745. The number of carbonyl (C=O) groups excluding carboxylic acids is 1. The lowest BCUT2D eigenvalue weighted by atomic mass is 10.0. The molecule has 0 aromatic heterocycles. The van der Waals surface area contributed by atoms with E-state index in [9.17, 15) is 4.79 Å². The van der Waals surface area contributed by atoms with Crippen LogP contribution in [-0.2, 0) is 0 Å². The highest BCUT2D eigenvalue weighted by atomic mass is 16.2. The molecule has 0 heterocycles. The molecule has 1 aromatic carbocycles. The molecule has 4 heteroatoms. The third kappa shape index (κ3) is 4.85. The zero-order valence-electron chi connectivity index (χ0n) is 13.2. The minimum Gasteiger partial charge on any atom is -0.335 e. The number of urea groups is 1. The Morgan fingerprint density at radius 1 is 1.25 bits per heavy atom. The molecule has 0 bridgehead atoms. The molecule has 2 atom stereocenters. The highest BCUT2D eigenvalue weighted by molar-refractivity contribution is 5.89. The van der Waals surface area contributed by atoms with Crippen molar-refractivity contribution in [2.75, 3.05) is 12.4 Å². The Kier molecular flexibility index (Phi) is 6.52. The summed E-state index contributed by atoms with van der Waals surface area (Å²) >= 11 is 0. The Morgan fingerprint density at radius 2 is 1.95 bits per heavy atom. The van der Waals surface area contributed by atoms with Gasteiger partial charge in [-0.2, -0.15) is 0 Å². The van der Waals surface area contributed by atoms with Gasteiger partial charge in [0.2, 0.25) is 0 Å². The summed E-state index contributed by atoms with van der Waals surface area (Å²) in [5.41, 5.74) is 1.97. The first kappa shape index (κ1) is 16.5. The van der Waals surface area contributed by atoms with Gasteiger partial charge in [0.1, 0.15) is 0 Å². The molecule has 112 valence electrons. The molecule has 1 rings (SSSR count). The summed E-state index contributed by atoms with van der Waals surface area (Å²) in [7, 11) is 1.92. The van der Waals surface area contributed by atoms with E-state index in [0.29, 0.717) is 5.92 Å². The van der Waals surface area contributed by atoms with Gasteiger partial charge in [-0.3, -0.25) is 0 Å². The summed E-state index contributed by atoms with van der Waals surface area (Å²) < 4.78 is 0. The smallest absolute Gasteiger partial charge is 0.319 e. The van der Waals surface area contributed by atoms with Gasteiger partial charge in [-0.15, -0.1) is 0 Å². The van der Waals surface area contributed by atoms with Crippen molar-refractivity contribution in [1.82, 2.24) is 10.6 Å². The van der Waals surface area contributed by atoms with Gasteiger partial charge in [0, 0.05) is 17.8 Å². The highest BCUT2D eigenvalue weighted by Crippen LogP contribution is 2.17. The topological polar surface area (TPSA) is 53.2 Å². The predicted octanol–water partition coefficient (Wildman–Crippen LogP) is 3.52. The molecule has 4 nitrogen and oxygen atoms in total. The molecular weight excluding hydrogens is 250 g/mol. The van der Waals surface area contributed by atoms with E-state index in [1.54, 1.807) is 0 Å². The monoisotopic (exact) mass is 277 g/mol. The minimum absolute atomic E-state index is 0.139. The summed E-state index contributed by atoms with van der Waals surface area (Å²) in [5, 5.41) is 9.10. The molecule has 0 aliphatic heterocycles. The summed E-state index contributed by atoms with van der Waals surface area (Å²) in [5.74, 6) is 0.432. The molecule has 2 amide bonds. The van der Waals surface area contributed by atoms with Gasteiger partial charge < -0.3 is 16.0 Å². The van der Waals surface area contributed by atoms with Crippen LogP contribution in [0.5, 0.6) is 0 Å². The molecule has 0 fully saturated rings. The van der Waals surface area contributed by atoms with Crippen LogP contribution in [0.3, 0.4) is 0 Å². The Balaban J connectivity index is 2.66. The van der Waals surface area contributed by atoms with E-state index in [2.05, 4.69) is 43.6 Å². The van der Waals surface area contributed by atoms with Crippen LogP contribution in [0.4, 0.5) is 10.5 Å². The van der Waals surface area contributed by atoms with Crippen LogP contribution < -0.4 is 16.0 Å². The standard InChI is InChI=1S/C16H27N3O/c1-6-15(11(2)3)19-16(20)18-14-9-7-8-13(10-14)12(4)17-5/h7-12,15,17H,6H2,1-5H3,(H2,18,19,20). The van der Waals surface area contributed by atoms with Crippen molar-refractivity contribution in [1.29, 1.82) is 0 Å². The van der Waals surface area contributed by atoms with Crippen molar-refractivity contribution < 1.29 is 4.79 Å². The normalized spacial score (nSPS) is 13.9. The third-order valence-corrected chi connectivity index (χ3v) is 3.64. The maximum Gasteiger partial charge on any atom is 0.319 e. The molecule has 0 spiro atoms. The number of carbonyl (C=O) groups is 1. The van der Waals surface area contributed by atoms with Crippen molar-refractivity contribution in [3.8, 4) is 0 Å². The SMILES string of the molecule is CCC(NC(=O)Nc1cccc(C(C)NC)c1)C(C)C. The van der Waals surface area contributed by atoms with E-state index in [4.69, 9.17) is 0 Å². The Morgan fingerprint density at radius 3 is 2.50 bits per heavy atom. The number of hydrogen-bond acceptors (Lipinski definition) is 2. The first-order valence-electron chi connectivity index (χ1n) is 7.32. The summed E-state index contributed by atoms with van der Waals surface area (Å²) in [4.78, 5) is 12.0. The fraction of sp³-hybridized carbons (Fsp3) is 0.562. The number of rotatable bonds is 6. The molecule has 3 N–H and O–H groups in total. The van der Waals surface area contributed by atoms with E-state index >= 15 is 0 Å². The molecule has 0 saturated carbocycles. The van der Waals surface area contributed by atoms with Crippen LogP contribution in [0, 0.1) is 5.92 Å². The zero-order chi connectivity index (χ0) is 15.1. The van der Waals surface area contributed by atoms with Gasteiger partial charge in [-0.05, 0) is 44.0 Å². The van der Waals surface area contributed by atoms with Crippen LogP contribution in [0.2, 0.25) is 0 Å². The highest BCUT2D eigenvalue weighted by Gasteiger charge is 2.14. The molecule has 0 aliphatic rings. The molecule has 1 aromatic rings. The van der Waals surface area contributed by atoms with Gasteiger partial charge in [0.25, 0.3) is 0 Å². The second kappa shape index (κ2) is 7.90. The average molecular weight is 277 g/mol. The lowest BCUT2D eigenvalue weighted by Crippen LogP contribution is -2.40. The fourth-order valence-electron chi connectivity index (χ4n) is 2.13. The largest absolute Gasteiger partial charge is 0.335 e. The molecule has 2 unspecified atom stereocenters. The van der Waals surface area contributed by atoms with Crippen LogP contribution >= 0.6 is 0 Å². The van der Waals surface area contributed by atoms with Crippen LogP contribution in [0.1, 0.15) is 45.7 Å². The Bertz CT molecular complexity index is 431. The minimum atomic E-state index is -0.139. The van der Waals surface area contributed by atoms with Gasteiger partial charge >= 0.3 is 6.03 Å². The molecule has 0 saturated heterocycles. The zero-order valence-corrected chi connectivity index (χ0v) is 13.2. The van der Waals surface area contributed by atoms with Crippen molar-refractivity contribution in [2.45, 2.75) is 46.2 Å². The van der Waals surface area contributed by atoms with Gasteiger partial charge in [0.15, 0.2) is 0 Å². The molecule has 0 radical (unpaired) electrons. The van der Waals surface area contributed by atoms with Crippen molar-refractivity contribution in [3.63, 3.8) is 0 Å². The van der Waals surface area contributed by atoms with Gasteiger partial charge in [-0.25, -0.2) is 4.79 Å². The fourth-order valence-corrected chi connectivity index (χ4v) is 2.13. The number of benzene rings is 1. The molecule has 20 heavy (non-hydrogen) atoms. The maximum absolute atomic E-state index is 12.0. The number of amides is 2. The first-order valence-corrected chi connectivity index (χ1v) is 7.32. The lowest BCUT2D eigenvalue weighted by Gasteiger charge is -2.21. The van der Waals surface area contributed by atoms with E-state index in [-0.39, 0.29) is 18.1 Å². The van der Waals surface area contributed by atoms with Gasteiger partial charge in [-0.1, -0.05) is 32.9 Å². The molecule has 0 aliphatic carbocycles. The van der Waals surface area contributed by atoms with Crippen molar-refractivity contribution in [2.24, 2.45) is 5.92 Å². The van der Waals surface area contributed by atoms with E-state index < -0.39 is 0 Å². The number of hydrogen-bond donors (Lipinski definition) is 3. The van der Waals surface area contributed by atoms with E-state index in [1.165, 1.54) is 0 Å². The third-order valence-electron chi connectivity index (χ3n) is 3.64. The van der Waals surface area contributed by atoms with Crippen LogP contribution in [-0.4, -0.2) is 19.1 Å². The number of anilines is 1. The number of nitrogens with one attached hydrogen (secondary N) is 3. The Hall–Kier alpha value is -1.55. The second-order valence-corrected chi connectivity index (χ2v) is 5.49. The van der Waals surface area contributed by atoms with Crippen LogP contribution in [0.15, 0.2) is 24.3 Å². The van der Waals surface area contributed by atoms with Crippen molar-refractivity contribution in [3.05, 3.63) is 29.8 Å². The Labute approximate surface area is 122 Å². The van der Waals surface area contributed by atoms with E-state index in [1.807, 2.05) is 31.3 Å². The summed E-state index contributed by atoms with van der Waals surface area (Å²) in [6, 6.07) is 8.23. The van der Waals surface area contributed by atoms with Crippen molar-refractivity contribution >= 4 is 11.7 Å². The summed E-state index contributed by atoms with van der Waals surface area (Å²) in [6.07, 6.45) is 0.932. The van der Waals surface area contributed by atoms with E-state index in [0.717, 1.165) is 17.7 Å². The second-order valence-electron chi connectivity index (χ2n) is 5.49. The van der Waals surface area contributed by atoms with Crippen LogP contribution in [0.25, 0.3) is 0 Å². The maximum atomic E-state index is 12.0. The average Bonchev–Trinajstić information content (AvgIpc) is 2.43. The van der Waals surface area contributed by atoms with Gasteiger partial charge in [0.05, 0.1) is 0 Å².